The molecule has 1 heterocycles. The molecule has 0 fully saturated rings. The Morgan fingerprint density at radius 1 is 0.864 bits per heavy atom. The van der Waals surface area contributed by atoms with Crippen LogP contribution in [-0.4, -0.2) is 15.2 Å². The fourth-order valence-electron chi connectivity index (χ4n) is 3.05. The zero-order valence-electron chi connectivity index (χ0n) is 12.5. The maximum atomic E-state index is 3.91. The summed E-state index contributed by atoms with van der Waals surface area (Å²) in [6.45, 7) is 4.75. The number of hydrogen-bond donors (Lipinski definition) is 0. The Bertz CT molecular complexity index is 754. The van der Waals surface area contributed by atoms with Crippen LogP contribution in [0, 0.1) is 0 Å². The smallest absolute Gasteiger partial charge is 0.0494 e. The number of aromatic nitrogens is 1. The quantitative estimate of drug-likeness (QED) is 0.348. The first-order valence-electron chi connectivity index (χ1n) is 7.55. The lowest BCUT2D eigenvalue weighted by Crippen LogP contribution is -1.94. The summed E-state index contributed by atoms with van der Waals surface area (Å²) in [5.41, 5.74) is 5.36. The van der Waals surface area contributed by atoms with Crippen molar-refractivity contribution in [2.45, 2.75) is 19.4 Å². The van der Waals surface area contributed by atoms with Crippen molar-refractivity contribution < 1.29 is 0 Å². The van der Waals surface area contributed by atoms with Crippen molar-refractivity contribution in [1.82, 2.24) is 4.57 Å². The zero-order chi connectivity index (χ0) is 15.5. The number of benzene rings is 2. The molecular formula is C19H19Br2N. The third-order valence-corrected chi connectivity index (χ3v) is 4.86. The van der Waals surface area contributed by atoms with Gasteiger partial charge in [-0.15, -0.1) is 6.58 Å². The lowest BCUT2D eigenvalue weighted by atomic mass is 10.1. The van der Waals surface area contributed by atoms with E-state index in [1.54, 1.807) is 0 Å². The summed E-state index contributed by atoms with van der Waals surface area (Å²) in [7, 11) is 0. The van der Waals surface area contributed by atoms with Gasteiger partial charge in [-0.1, -0.05) is 50.1 Å². The Kier molecular flexibility index (Phi) is 5.04. The van der Waals surface area contributed by atoms with E-state index in [1.807, 2.05) is 6.08 Å². The highest BCUT2D eigenvalue weighted by Crippen LogP contribution is 2.31. The number of rotatable bonds is 6. The minimum absolute atomic E-state index is 0.843. The van der Waals surface area contributed by atoms with Crippen molar-refractivity contribution in [2.24, 2.45) is 0 Å². The average Bonchev–Trinajstić information content (AvgIpc) is 2.82. The summed E-state index contributed by atoms with van der Waals surface area (Å²) in [6.07, 6.45) is 4.09. The number of fused-ring (bicyclic) bond motifs is 3. The predicted molar refractivity (Wildman–Crippen MR) is 105 cm³/mol. The number of aryl methyl sites for hydroxylation is 2. The van der Waals surface area contributed by atoms with Gasteiger partial charge in [-0.05, 0) is 48.2 Å². The van der Waals surface area contributed by atoms with Gasteiger partial charge in [0.2, 0.25) is 0 Å². The van der Waals surface area contributed by atoms with Gasteiger partial charge in [-0.2, -0.15) is 0 Å². The van der Waals surface area contributed by atoms with Crippen LogP contribution in [0.2, 0.25) is 0 Å². The molecule has 0 aliphatic carbocycles. The first-order valence-corrected chi connectivity index (χ1v) is 9.79. The predicted octanol–water partition coefficient (Wildman–Crippen LogP) is 5.86. The Morgan fingerprint density at radius 2 is 1.36 bits per heavy atom. The molecule has 2 aromatic carbocycles. The van der Waals surface area contributed by atoms with Gasteiger partial charge in [0, 0.05) is 39.0 Å². The second-order valence-electron chi connectivity index (χ2n) is 5.48. The van der Waals surface area contributed by atoms with Crippen LogP contribution < -0.4 is 0 Å². The molecule has 3 heteroatoms. The third kappa shape index (κ3) is 2.89. The van der Waals surface area contributed by atoms with E-state index in [4.69, 9.17) is 0 Å². The van der Waals surface area contributed by atoms with Crippen LogP contribution in [0.1, 0.15) is 11.1 Å². The molecular weight excluding hydrogens is 402 g/mol. The van der Waals surface area contributed by atoms with Crippen LogP contribution in [0.4, 0.5) is 0 Å². The van der Waals surface area contributed by atoms with Gasteiger partial charge in [0.1, 0.15) is 0 Å². The van der Waals surface area contributed by atoms with Crippen molar-refractivity contribution in [3.63, 3.8) is 0 Å². The molecule has 114 valence electrons. The Balaban J connectivity index is 2.28. The van der Waals surface area contributed by atoms with E-state index in [0.29, 0.717) is 0 Å². The van der Waals surface area contributed by atoms with E-state index in [9.17, 15) is 0 Å². The number of halogens is 2. The molecule has 0 radical (unpaired) electrons. The fourth-order valence-corrected chi connectivity index (χ4v) is 3.97. The normalized spacial score (nSPS) is 11.4. The maximum Gasteiger partial charge on any atom is 0.0494 e. The summed E-state index contributed by atoms with van der Waals surface area (Å²) in [4.78, 5) is 0. The number of alkyl halides is 2. The number of nitrogens with zero attached hydrogens (tertiary/aromatic N) is 1. The van der Waals surface area contributed by atoms with Crippen molar-refractivity contribution >= 4 is 53.7 Å². The molecule has 0 amide bonds. The molecule has 3 rings (SSSR count). The second-order valence-corrected chi connectivity index (χ2v) is 7.07. The van der Waals surface area contributed by atoms with Crippen molar-refractivity contribution in [2.75, 3.05) is 10.7 Å². The minimum atomic E-state index is 0.843. The first kappa shape index (κ1) is 15.8. The summed E-state index contributed by atoms with van der Waals surface area (Å²) in [6, 6.07) is 13.7. The van der Waals surface area contributed by atoms with Gasteiger partial charge in [-0.25, -0.2) is 0 Å². The molecule has 0 bridgehead atoms. The lowest BCUT2D eigenvalue weighted by Gasteiger charge is -2.04. The third-order valence-electron chi connectivity index (χ3n) is 4.07. The second kappa shape index (κ2) is 7.01. The van der Waals surface area contributed by atoms with Gasteiger partial charge in [0.25, 0.3) is 0 Å². The van der Waals surface area contributed by atoms with Crippen LogP contribution in [0.15, 0.2) is 49.1 Å². The SMILES string of the molecule is C=CCn1c2ccc(CCBr)cc2c2cc(CCBr)ccc21. The molecule has 1 aromatic heterocycles. The van der Waals surface area contributed by atoms with Gasteiger partial charge in [-0.3, -0.25) is 0 Å². The van der Waals surface area contributed by atoms with E-state index in [-0.39, 0.29) is 0 Å². The average molecular weight is 421 g/mol. The molecule has 3 aromatic rings. The largest absolute Gasteiger partial charge is 0.337 e. The van der Waals surface area contributed by atoms with Gasteiger partial charge in [0.05, 0.1) is 0 Å². The molecule has 22 heavy (non-hydrogen) atoms. The van der Waals surface area contributed by atoms with Crippen molar-refractivity contribution in [3.05, 3.63) is 60.2 Å². The fraction of sp³-hybridized carbons (Fsp3) is 0.263. The molecule has 0 spiro atoms. The molecule has 0 aliphatic heterocycles. The van der Waals surface area contributed by atoms with E-state index in [0.717, 1.165) is 30.0 Å². The summed E-state index contributed by atoms with van der Waals surface area (Å²) in [5, 5.41) is 4.70. The zero-order valence-corrected chi connectivity index (χ0v) is 15.7. The highest BCUT2D eigenvalue weighted by atomic mass is 79.9. The molecule has 0 aliphatic rings. The molecule has 0 saturated carbocycles. The minimum Gasteiger partial charge on any atom is -0.337 e. The van der Waals surface area contributed by atoms with Crippen LogP contribution in [-0.2, 0) is 19.4 Å². The summed E-state index contributed by atoms with van der Waals surface area (Å²) < 4.78 is 2.35. The molecule has 0 unspecified atom stereocenters. The van der Waals surface area contributed by atoms with Crippen LogP contribution >= 0.6 is 31.9 Å². The molecule has 0 N–H and O–H groups in total. The van der Waals surface area contributed by atoms with E-state index in [2.05, 4.69) is 79.4 Å². The Labute approximate surface area is 148 Å². The summed E-state index contributed by atoms with van der Waals surface area (Å²) in [5.74, 6) is 0. The Morgan fingerprint density at radius 3 is 1.77 bits per heavy atom. The van der Waals surface area contributed by atoms with E-state index >= 15 is 0 Å². The van der Waals surface area contributed by atoms with Gasteiger partial charge in [0.15, 0.2) is 0 Å². The topological polar surface area (TPSA) is 4.93 Å². The van der Waals surface area contributed by atoms with Crippen molar-refractivity contribution in [3.8, 4) is 0 Å². The van der Waals surface area contributed by atoms with Crippen LogP contribution in [0.5, 0.6) is 0 Å². The van der Waals surface area contributed by atoms with Crippen LogP contribution in [0.3, 0.4) is 0 Å². The van der Waals surface area contributed by atoms with E-state index in [1.165, 1.54) is 32.9 Å². The Hall–Kier alpha value is -1.06. The highest BCUT2D eigenvalue weighted by molar-refractivity contribution is 9.09. The molecule has 1 nitrogen and oxygen atoms in total. The van der Waals surface area contributed by atoms with Gasteiger partial charge < -0.3 is 4.57 Å². The van der Waals surface area contributed by atoms with E-state index < -0.39 is 0 Å². The molecule has 0 atom stereocenters. The standard InChI is InChI=1S/C19H19Br2N/c1-2-11-22-18-5-3-14(7-9-20)12-16(18)17-13-15(8-10-21)4-6-19(17)22/h2-6,12-13H,1,7-11H2. The first-order chi connectivity index (χ1) is 10.8. The maximum absolute atomic E-state index is 3.91. The lowest BCUT2D eigenvalue weighted by molar-refractivity contribution is 0.900. The summed E-state index contributed by atoms with van der Waals surface area (Å²) >= 11 is 7.08. The van der Waals surface area contributed by atoms with Crippen molar-refractivity contribution in [1.29, 1.82) is 0 Å². The molecule has 0 saturated heterocycles. The van der Waals surface area contributed by atoms with Gasteiger partial charge >= 0.3 is 0 Å². The monoisotopic (exact) mass is 419 g/mol. The highest BCUT2D eigenvalue weighted by Gasteiger charge is 2.11. The number of allylic oxidation sites excluding steroid dienone is 1. The number of hydrogen-bond acceptors (Lipinski definition) is 0. The van der Waals surface area contributed by atoms with Crippen LogP contribution in [0.25, 0.3) is 21.8 Å².